The zero-order valence-corrected chi connectivity index (χ0v) is 19.0. The van der Waals surface area contributed by atoms with Crippen molar-refractivity contribution in [2.45, 2.75) is 45.3 Å². The van der Waals surface area contributed by atoms with E-state index < -0.39 is 11.7 Å². The summed E-state index contributed by atoms with van der Waals surface area (Å²) in [5, 5.41) is 0. The number of halogens is 3. The Hall–Kier alpha value is -3.35. The highest BCUT2D eigenvalue weighted by Crippen LogP contribution is 2.30. The van der Waals surface area contributed by atoms with Crippen LogP contribution in [-0.2, 0) is 24.6 Å². The molecule has 1 amide bonds. The number of rotatable bonds is 6. The monoisotopic (exact) mass is 455 g/mol. The maximum absolute atomic E-state index is 13.2. The molecule has 1 heterocycles. The first kappa shape index (κ1) is 24.3. The van der Waals surface area contributed by atoms with Crippen LogP contribution in [0, 0.1) is 0 Å². The first-order valence-electron chi connectivity index (χ1n) is 10.7. The van der Waals surface area contributed by atoms with Crippen LogP contribution in [0.3, 0.4) is 0 Å². The summed E-state index contributed by atoms with van der Waals surface area (Å²) in [6.07, 6.45) is -2.65. The summed E-state index contributed by atoms with van der Waals surface area (Å²) in [7, 11) is 0. The number of hydrogen-bond acceptors (Lipinski definition) is 3. The average molecular weight is 456 g/mol. The quantitative estimate of drug-likeness (QED) is 0.506. The second-order valence-electron chi connectivity index (χ2n) is 9.06. The van der Waals surface area contributed by atoms with Gasteiger partial charge >= 0.3 is 6.18 Å². The van der Waals surface area contributed by atoms with Crippen LogP contribution in [0.1, 0.15) is 53.5 Å². The van der Waals surface area contributed by atoms with Gasteiger partial charge < -0.3 is 10.6 Å². The Morgan fingerprint density at radius 3 is 2.24 bits per heavy atom. The fourth-order valence-corrected chi connectivity index (χ4v) is 3.50. The summed E-state index contributed by atoms with van der Waals surface area (Å²) >= 11 is 0. The molecular formula is C26H28F3N3O. The minimum Gasteiger partial charge on any atom is -0.397 e. The van der Waals surface area contributed by atoms with Crippen LogP contribution >= 0.6 is 0 Å². The summed E-state index contributed by atoms with van der Waals surface area (Å²) in [4.78, 5) is 18.9. The highest BCUT2D eigenvalue weighted by Gasteiger charge is 2.30. The molecule has 3 aromatic rings. The van der Waals surface area contributed by atoms with Crippen molar-refractivity contribution in [2.75, 3.05) is 12.3 Å². The standard InChI is InChI=1S/C26H28F3N3O/c1-25(2,3)20-11-9-19(10-12-20)17-32(24(33)23-22(30)8-5-14-31-23)15-13-18-6-4-7-21(16-18)26(27,28)29/h4-12,14,16H,13,15,17,30H2,1-3H3. The van der Waals surface area contributed by atoms with Crippen molar-refractivity contribution < 1.29 is 18.0 Å². The maximum Gasteiger partial charge on any atom is 0.416 e. The molecule has 0 aliphatic heterocycles. The third kappa shape index (κ3) is 6.34. The molecule has 0 atom stereocenters. The molecule has 0 aliphatic carbocycles. The maximum atomic E-state index is 13.2. The molecule has 0 fully saturated rings. The molecule has 0 unspecified atom stereocenters. The lowest BCUT2D eigenvalue weighted by Gasteiger charge is -2.24. The molecule has 2 N–H and O–H groups in total. The van der Waals surface area contributed by atoms with E-state index in [1.807, 2.05) is 24.3 Å². The fourth-order valence-electron chi connectivity index (χ4n) is 3.50. The summed E-state index contributed by atoms with van der Waals surface area (Å²) in [5.41, 5.74) is 8.23. The number of aromatic nitrogens is 1. The number of hydrogen-bond donors (Lipinski definition) is 1. The summed E-state index contributed by atoms with van der Waals surface area (Å²) < 4.78 is 39.2. The number of pyridine rings is 1. The molecular weight excluding hydrogens is 427 g/mol. The predicted octanol–water partition coefficient (Wildman–Crippen LogP) is 5.87. The van der Waals surface area contributed by atoms with E-state index in [0.717, 1.165) is 17.7 Å². The second kappa shape index (κ2) is 9.65. The molecule has 3 rings (SSSR count). The number of carbonyl (C=O) groups is 1. The van der Waals surface area contributed by atoms with Gasteiger partial charge in [0.15, 0.2) is 5.69 Å². The molecule has 0 spiro atoms. The number of nitrogens with zero attached hydrogens (tertiary/aromatic N) is 2. The lowest BCUT2D eigenvalue weighted by Crippen LogP contribution is -2.33. The number of nitrogen functional groups attached to an aromatic ring is 1. The lowest BCUT2D eigenvalue weighted by atomic mass is 9.87. The molecule has 1 aromatic heterocycles. The Labute approximate surface area is 192 Å². The zero-order chi connectivity index (χ0) is 24.2. The van der Waals surface area contributed by atoms with Gasteiger partial charge in [-0.1, -0.05) is 63.2 Å². The molecule has 0 radical (unpaired) electrons. The molecule has 0 bridgehead atoms. The minimum atomic E-state index is -4.41. The summed E-state index contributed by atoms with van der Waals surface area (Å²) in [5.74, 6) is -0.361. The number of nitrogens with two attached hydrogens (primary N) is 1. The van der Waals surface area contributed by atoms with E-state index in [1.165, 1.54) is 17.8 Å². The van der Waals surface area contributed by atoms with Gasteiger partial charge in [0.05, 0.1) is 11.3 Å². The van der Waals surface area contributed by atoms with E-state index in [1.54, 1.807) is 23.1 Å². The second-order valence-corrected chi connectivity index (χ2v) is 9.06. The van der Waals surface area contributed by atoms with Crippen molar-refractivity contribution in [1.82, 2.24) is 9.88 Å². The molecule has 0 saturated carbocycles. The van der Waals surface area contributed by atoms with Crippen molar-refractivity contribution in [1.29, 1.82) is 0 Å². The van der Waals surface area contributed by atoms with Gasteiger partial charge in [-0.2, -0.15) is 13.2 Å². The predicted molar refractivity (Wildman–Crippen MR) is 124 cm³/mol. The van der Waals surface area contributed by atoms with Crippen molar-refractivity contribution in [3.05, 3.63) is 94.8 Å². The third-order valence-corrected chi connectivity index (χ3v) is 5.45. The van der Waals surface area contributed by atoms with Gasteiger partial charge in [0.1, 0.15) is 0 Å². The van der Waals surface area contributed by atoms with E-state index in [4.69, 9.17) is 5.73 Å². The SMILES string of the molecule is CC(C)(C)c1ccc(CN(CCc2cccc(C(F)(F)F)c2)C(=O)c2ncccc2N)cc1. The Balaban J connectivity index is 1.84. The highest BCUT2D eigenvalue weighted by molar-refractivity contribution is 5.97. The number of alkyl halides is 3. The van der Waals surface area contributed by atoms with Crippen LogP contribution in [0.5, 0.6) is 0 Å². The van der Waals surface area contributed by atoms with Crippen molar-refractivity contribution in [3.8, 4) is 0 Å². The van der Waals surface area contributed by atoms with Gasteiger partial charge in [0.25, 0.3) is 5.91 Å². The molecule has 174 valence electrons. The Kier molecular flexibility index (Phi) is 7.10. The Bertz CT molecular complexity index is 1100. The van der Waals surface area contributed by atoms with Gasteiger partial charge in [-0.3, -0.25) is 4.79 Å². The number of amides is 1. The van der Waals surface area contributed by atoms with E-state index >= 15 is 0 Å². The van der Waals surface area contributed by atoms with Gasteiger partial charge in [0.2, 0.25) is 0 Å². The first-order chi connectivity index (χ1) is 15.4. The topological polar surface area (TPSA) is 59.2 Å². The highest BCUT2D eigenvalue weighted by atomic mass is 19.4. The van der Waals surface area contributed by atoms with Crippen molar-refractivity contribution in [3.63, 3.8) is 0 Å². The van der Waals surface area contributed by atoms with Crippen LogP contribution in [0.25, 0.3) is 0 Å². The summed E-state index contributed by atoms with van der Waals surface area (Å²) in [6.45, 7) is 6.87. The first-order valence-corrected chi connectivity index (χ1v) is 10.7. The van der Waals surface area contributed by atoms with Crippen molar-refractivity contribution in [2.24, 2.45) is 0 Å². The van der Waals surface area contributed by atoms with E-state index in [9.17, 15) is 18.0 Å². The van der Waals surface area contributed by atoms with Crippen molar-refractivity contribution >= 4 is 11.6 Å². The molecule has 0 saturated heterocycles. The normalized spacial score (nSPS) is 11.9. The van der Waals surface area contributed by atoms with Gasteiger partial charge in [0, 0.05) is 19.3 Å². The Morgan fingerprint density at radius 1 is 0.939 bits per heavy atom. The average Bonchev–Trinajstić information content (AvgIpc) is 2.76. The van der Waals surface area contributed by atoms with Crippen LogP contribution in [0.2, 0.25) is 0 Å². The van der Waals surface area contributed by atoms with Crippen LogP contribution in [0.4, 0.5) is 18.9 Å². The van der Waals surface area contributed by atoms with Crippen LogP contribution in [-0.4, -0.2) is 22.3 Å². The van der Waals surface area contributed by atoms with Crippen LogP contribution < -0.4 is 5.73 Å². The minimum absolute atomic E-state index is 0.0000537. The molecule has 2 aromatic carbocycles. The van der Waals surface area contributed by atoms with E-state index in [0.29, 0.717) is 5.56 Å². The zero-order valence-electron chi connectivity index (χ0n) is 19.0. The molecule has 7 heteroatoms. The Morgan fingerprint density at radius 2 is 1.64 bits per heavy atom. The number of carbonyl (C=O) groups excluding carboxylic acids is 1. The molecule has 4 nitrogen and oxygen atoms in total. The number of anilines is 1. The van der Waals surface area contributed by atoms with E-state index in [2.05, 4.69) is 25.8 Å². The summed E-state index contributed by atoms with van der Waals surface area (Å²) in [6, 6.07) is 16.4. The molecule has 0 aliphatic rings. The van der Waals surface area contributed by atoms with Gasteiger partial charge in [-0.25, -0.2) is 4.98 Å². The largest absolute Gasteiger partial charge is 0.416 e. The van der Waals surface area contributed by atoms with Crippen LogP contribution in [0.15, 0.2) is 66.9 Å². The lowest BCUT2D eigenvalue weighted by molar-refractivity contribution is -0.137. The third-order valence-electron chi connectivity index (χ3n) is 5.45. The van der Waals surface area contributed by atoms with E-state index in [-0.39, 0.29) is 42.2 Å². The fraction of sp³-hybridized carbons (Fsp3) is 0.308. The molecule has 33 heavy (non-hydrogen) atoms. The number of benzene rings is 2. The van der Waals surface area contributed by atoms with Gasteiger partial charge in [-0.05, 0) is 46.7 Å². The smallest absolute Gasteiger partial charge is 0.397 e. The van der Waals surface area contributed by atoms with Gasteiger partial charge in [-0.15, -0.1) is 0 Å².